The summed E-state index contributed by atoms with van der Waals surface area (Å²) in [7, 11) is 0. The zero-order valence-electron chi connectivity index (χ0n) is 15.2. The van der Waals surface area contributed by atoms with Gasteiger partial charge in [0, 0.05) is 18.7 Å². The highest BCUT2D eigenvalue weighted by Crippen LogP contribution is 2.17. The van der Waals surface area contributed by atoms with Crippen LogP contribution in [0.4, 0.5) is 10.5 Å². The first-order valence-electron chi connectivity index (χ1n) is 9.33. The fourth-order valence-electron chi connectivity index (χ4n) is 2.58. The topological polar surface area (TPSA) is 81.5 Å². The van der Waals surface area contributed by atoms with E-state index in [4.69, 9.17) is 4.74 Å². The molecule has 0 bridgehead atoms. The van der Waals surface area contributed by atoms with E-state index in [1.54, 1.807) is 0 Å². The van der Waals surface area contributed by atoms with Crippen molar-refractivity contribution < 1.29 is 14.5 Å². The minimum atomic E-state index is -0.523. The number of benzene rings is 1. The van der Waals surface area contributed by atoms with E-state index in [2.05, 4.69) is 12.2 Å². The first kappa shape index (κ1) is 20.9. The van der Waals surface area contributed by atoms with Gasteiger partial charge in [0.2, 0.25) is 0 Å². The van der Waals surface area contributed by atoms with Crippen LogP contribution in [0.25, 0.3) is 0 Å². The fraction of sp³-hybridized carbons (Fsp3) is 0.632. The average Bonchev–Trinajstić information content (AvgIpc) is 2.60. The van der Waals surface area contributed by atoms with Gasteiger partial charge in [-0.05, 0) is 18.6 Å². The summed E-state index contributed by atoms with van der Waals surface area (Å²) in [6, 6.07) is 5.45. The van der Waals surface area contributed by atoms with E-state index in [9.17, 15) is 14.9 Å². The summed E-state index contributed by atoms with van der Waals surface area (Å²) in [5.41, 5.74) is -0.0295. The van der Waals surface area contributed by atoms with E-state index >= 15 is 0 Å². The molecular formula is C19H30N2O4. The molecule has 6 nitrogen and oxygen atoms in total. The van der Waals surface area contributed by atoms with Gasteiger partial charge in [0.25, 0.3) is 5.69 Å². The highest BCUT2D eigenvalue weighted by atomic mass is 16.6. The molecule has 0 aliphatic heterocycles. The van der Waals surface area contributed by atoms with Crippen molar-refractivity contribution in [1.29, 1.82) is 0 Å². The van der Waals surface area contributed by atoms with Gasteiger partial charge < -0.3 is 10.1 Å². The minimum Gasteiger partial charge on any atom is -0.410 e. The molecule has 1 amide bonds. The second-order valence-electron chi connectivity index (χ2n) is 6.25. The number of nitro benzene ring substituents is 1. The third-order valence-corrected chi connectivity index (χ3v) is 4.06. The van der Waals surface area contributed by atoms with Crippen LogP contribution in [0.3, 0.4) is 0 Å². The van der Waals surface area contributed by atoms with E-state index < -0.39 is 11.0 Å². The van der Waals surface area contributed by atoms with Crippen LogP contribution in [0.1, 0.15) is 71.1 Å². The predicted molar refractivity (Wildman–Crippen MR) is 99.0 cm³/mol. The van der Waals surface area contributed by atoms with Gasteiger partial charge in [0.1, 0.15) is 5.75 Å². The van der Waals surface area contributed by atoms with Crippen LogP contribution in [-0.4, -0.2) is 17.6 Å². The summed E-state index contributed by atoms with van der Waals surface area (Å²) in [6.07, 6.45) is 12.0. The number of nitro groups is 1. The van der Waals surface area contributed by atoms with Crippen LogP contribution in [0.5, 0.6) is 5.75 Å². The third-order valence-electron chi connectivity index (χ3n) is 4.06. The van der Waals surface area contributed by atoms with Crippen molar-refractivity contribution in [2.75, 3.05) is 6.54 Å². The van der Waals surface area contributed by atoms with Crippen molar-refractivity contribution in [3.05, 3.63) is 34.4 Å². The molecule has 0 unspecified atom stereocenters. The average molecular weight is 350 g/mol. The Morgan fingerprint density at radius 1 is 0.960 bits per heavy atom. The maximum atomic E-state index is 11.6. The molecule has 1 aromatic rings. The van der Waals surface area contributed by atoms with Crippen molar-refractivity contribution >= 4 is 11.8 Å². The van der Waals surface area contributed by atoms with Crippen LogP contribution in [0.15, 0.2) is 24.3 Å². The number of non-ortho nitro benzene ring substituents is 1. The van der Waals surface area contributed by atoms with E-state index in [0.29, 0.717) is 12.3 Å². The van der Waals surface area contributed by atoms with Gasteiger partial charge in [0.15, 0.2) is 0 Å². The summed E-state index contributed by atoms with van der Waals surface area (Å²) in [5.74, 6) is 0.297. The van der Waals surface area contributed by atoms with Crippen molar-refractivity contribution in [2.24, 2.45) is 0 Å². The molecule has 0 atom stereocenters. The van der Waals surface area contributed by atoms with Gasteiger partial charge in [0.05, 0.1) is 4.92 Å². The minimum absolute atomic E-state index is 0.0295. The Labute approximate surface area is 150 Å². The molecule has 140 valence electrons. The Hall–Kier alpha value is -2.11. The molecule has 0 spiro atoms. The van der Waals surface area contributed by atoms with Gasteiger partial charge in [-0.15, -0.1) is 0 Å². The molecule has 0 heterocycles. The lowest BCUT2D eigenvalue weighted by molar-refractivity contribution is -0.384. The Morgan fingerprint density at radius 2 is 1.48 bits per heavy atom. The number of hydrogen-bond donors (Lipinski definition) is 1. The zero-order valence-corrected chi connectivity index (χ0v) is 15.2. The standard InChI is InChI=1S/C19H30N2O4/c1-2-3-4-5-6-7-8-9-10-11-16-20-19(22)25-18-14-12-17(13-15-18)21(23)24/h12-15H,2-11,16H2,1H3,(H,20,22). The lowest BCUT2D eigenvalue weighted by Gasteiger charge is -2.06. The number of ether oxygens (including phenoxy) is 1. The van der Waals surface area contributed by atoms with E-state index in [1.165, 1.54) is 75.6 Å². The fourth-order valence-corrected chi connectivity index (χ4v) is 2.58. The largest absolute Gasteiger partial charge is 0.412 e. The lowest BCUT2D eigenvalue weighted by atomic mass is 10.1. The molecule has 0 saturated carbocycles. The summed E-state index contributed by atoms with van der Waals surface area (Å²) >= 11 is 0. The molecule has 6 heteroatoms. The van der Waals surface area contributed by atoms with Crippen LogP contribution < -0.4 is 10.1 Å². The normalized spacial score (nSPS) is 10.4. The predicted octanol–water partition coefficient (Wildman–Crippen LogP) is 5.60. The summed E-state index contributed by atoms with van der Waals surface area (Å²) in [5, 5.41) is 13.2. The number of amides is 1. The first-order chi connectivity index (χ1) is 12.1. The van der Waals surface area contributed by atoms with Crippen LogP contribution in [-0.2, 0) is 0 Å². The number of carbonyl (C=O) groups is 1. The van der Waals surface area contributed by atoms with Gasteiger partial charge in [-0.25, -0.2) is 4.79 Å². The molecule has 25 heavy (non-hydrogen) atoms. The Kier molecular flexibility index (Phi) is 11.1. The molecule has 0 aliphatic carbocycles. The Morgan fingerprint density at radius 3 is 2.00 bits per heavy atom. The molecular weight excluding hydrogens is 320 g/mol. The number of nitrogens with one attached hydrogen (secondary N) is 1. The molecule has 0 fully saturated rings. The maximum absolute atomic E-state index is 11.6. The van der Waals surface area contributed by atoms with Crippen molar-refractivity contribution in [3.63, 3.8) is 0 Å². The Bertz CT molecular complexity index is 503. The second kappa shape index (κ2) is 13.2. The van der Waals surface area contributed by atoms with Crippen molar-refractivity contribution in [2.45, 2.75) is 71.1 Å². The number of rotatable bonds is 13. The zero-order chi connectivity index (χ0) is 18.3. The molecule has 1 N–H and O–H groups in total. The summed E-state index contributed by atoms with van der Waals surface area (Å²) in [4.78, 5) is 21.7. The molecule has 1 aromatic carbocycles. The second-order valence-corrected chi connectivity index (χ2v) is 6.25. The lowest BCUT2D eigenvalue weighted by Crippen LogP contribution is -2.27. The molecule has 0 aromatic heterocycles. The Balaban J connectivity index is 1.99. The number of carbonyl (C=O) groups excluding carboxylic acids is 1. The molecule has 0 radical (unpaired) electrons. The molecule has 0 aliphatic rings. The van der Waals surface area contributed by atoms with Gasteiger partial charge in [-0.2, -0.15) is 0 Å². The monoisotopic (exact) mass is 350 g/mol. The van der Waals surface area contributed by atoms with E-state index in [-0.39, 0.29) is 5.69 Å². The summed E-state index contributed by atoms with van der Waals surface area (Å²) < 4.78 is 5.07. The maximum Gasteiger partial charge on any atom is 0.412 e. The number of unbranched alkanes of at least 4 members (excludes halogenated alkanes) is 9. The molecule has 1 rings (SSSR count). The molecule has 0 saturated heterocycles. The number of nitrogens with zero attached hydrogens (tertiary/aromatic N) is 1. The highest BCUT2D eigenvalue weighted by Gasteiger charge is 2.07. The van der Waals surface area contributed by atoms with Crippen LogP contribution in [0, 0.1) is 10.1 Å². The first-order valence-corrected chi connectivity index (χ1v) is 9.33. The smallest absolute Gasteiger partial charge is 0.410 e. The van der Waals surface area contributed by atoms with Gasteiger partial charge >= 0.3 is 6.09 Å². The van der Waals surface area contributed by atoms with Gasteiger partial charge in [-0.1, -0.05) is 64.7 Å². The van der Waals surface area contributed by atoms with Crippen molar-refractivity contribution in [3.8, 4) is 5.75 Å². The summed E-state index contributed by atoms with van der Waals surface area (Å²) in [6.45, 7) is 2.82. The SMILES string of the molecule is CCCCCCCCCCCCNC(=O)Oc1ccc([N+](=O)[O-])cc1. The van der Waals surface area contributed by atoms with Crippen LogP contribution >= 0.6 is 0 Å². The van der Waals surface area contributed by atoms with Crippen molar-refractivity contribution in [1.82, 2.24) is 5.32 Å². The highest BCUT2D eigenvalue weighted by molar-refractivity contribution is 5.70. The third kappa shape index (κ3) is 10.4. The van der Waals surface area contributed by atoms with Crippen LogP contribution in [0.2, 0.25) is 0 Å². The van der Waals surface area contributed by atoms with E-state index in [1.807, 2.05) is 0 Å². The quantitative estimate of drug-likeness (QED) is 0.285. The van der Waals surface area contributed by atoms with E-state index in [0.717, 1.165) is 12.8 Å². The van der Waals surface area contributed by atoms with Gasteiger partial charge in [-0.3, -0.25) is 10.1 Å². The number of hydrogen-bond acceptors (Lipinski definition) is 4.